The van der Waals surface area contributed by atoms with Crippen molar-refractivity contribution in [3.05, 3.63) is 35.9 Å². The van der Waals surface area contributed by atoms with Gasteiger partial charge in [0.25, 0.3) is 0 Å². The first-order chi connectivity index (χ1) is 8.38. The van der Waals surface area contributed by atoms with E-state index >= 15 is 0 Å². The normalized spacial score (nSPS) is 47.2. The number of hydrogen-bond acceptors (Lipinski definition) is 1. The smallest absolute Gasteiger partial charge is 0.118 e. The van der Waals surface area contributed by atoms with Gasteiger partial charge in [-0.05, 0) is 65.2 Å². The van der Waals surface area contributed by atoms with Gasteiger partial charge in [0.15, 0.2) is 0 Å². The maximum Gasteiger partial charge on any atom is 0.118 e. The van der Waals surface area contributed by atoms with E-state index in [1.54, 1.807) is 12.7 Å². The third-order valence-corrected chi connectivity index (χ3v) is 5.81. The second kappa shape index (κ2) is 2.60. The molecule has 86 valence electrons. The molecule has 0 aromatic heterocycles. The lowest BCUT2D eigenvalue weighted by atomic mass is 9.90. The maximum atomic E-state index is 5.23. The van der Waals surface area contributed by atoms with E-state index in [-0.39, 0.29) is 0 Å². The van der Waals surface area contributed by atoms with Crippen molar-refractivity contribution in [2.75, 3.05) is 7.11 Å². The van der Waals surface area contributed by atoms with Crippen molar-refractivity contribution in [3.8, 4) is 5.75 Å². The first-order valence-corrected chi connectivity index (χ1v) is 6.74. The molecule has 0 heterocycles. The van der Waals surface area contributed by atoms with E-state index in [1.807, 2.05) is 0 Å². The van der Waals surface area contributed by atoms with Gasteiger partial charge in [-0.15, -0.1) is 0 Å². The van der Waals surface area contributed by atoms with Gasteiger partial charge in [-0.1, -0.05) is 18.2 Å². The van der Waals surface area contributed by atoms with E-state index < -0.39 is 0 Å². The quantitative estimate of drug-likeness (QED) is 0.749. The molecule has 0 N–H and O–H groups in total. The second-order valence-corrected chi connectivity index (χ2v) is 6.17. The van der Waals surface area contributed by atoms with Crippen molar-refractivity contribution < 1.29 is 4.74 Å². The van der Waals surface area contributed by atoms with Crippen molar-refractivity contribution in [3.63, 3.8) is 0 Å². The third-order valence-electron chi connectivity index (χ3n) is 5.81. The monoisotopic (exact) mass is 224 g/mol. The molecule has 5 aliphatic rings. The molecule has 0 amide bonds. The third kappa shape index (κ3) is 0.863. The molecule has 1 nitrogen and oxygen atoms in total. The number of ether oxygens (including phenoxy) is 1. The highest BCUT2D eigenvalue weighted by Crippen LogP contribution is 2.81. The Kier molecular flexibility index (Phi) is 1.35. The van der Waals surface area contributed by atoms with Crippen LogP contribution in [0.5, 0.6) is 5.75 Å². The molecule has 2 unspecified atom stereocenters. The van der Waals surface area contributed by atoms with Gasteiger partial charge >= 0.3 is 0 Å². The zero-order chi connectivity index (χ0) is 11.1. The molecule has 5 aliphatic carbocycles. The number of benzene rings is 1. The van der Waals surface area contributed by atoms with Crippen LogP contribution in [-0.4, -0.2) is 7.11 Å². The molecule has 4 fully saturated rings. The summed E-state index contributed by atoms with van der Waals surface area (Å²) in [4.78, 5) is 0. The molecule has 17 heavy (non-hydrogen) atoms. The van der Waals surface area contributed by atoms with Crippen LogP contribution in [-0.2, 0) is 0 Å². The first kappa shape index (κ1) is 8.79. The molecule has 1 aromatic rings. The van der Waals surface area contributed by atoms with Gasteiger partial charge in [0, 0.05) is 0 Å². The Morgan fingerprint density at radius 2 is 1.88 bits per heavy atom. The average molecular weight is 224 g/mol. The summed E-state index contributed by atoms with van der Waals surface area (Å²) >= 11 is 0. The molecule has 4 saturated carbocycles. The van der Waals surface area contributed by atoms with Crippen LogP contribution in [0.25, 0.3) is 5.57 Å². The highest BCUT2D eigenvalue weighted by Gasteiger charge is 2.75. The molecular weight excluding hydrogens is 208 g/mol. The van der Waals surface area contributed by atoms with Gasteiger partial charge in [0.05, 0.1) is 7.11 Å². The number of methoxy groups -OCH3 is 1. The Balaban J connectivity index is 1.55. The van der Waals surface area contributed by atoms with Crippen LogP contribution in [0.2, 0.25) is 0 Å². The van der Waals surface area contributed by atoms with Crippen molar-refractivity contribution in [1.82, 2.24) is 0 Å². The van der Waals surface area contributed by atoms with Gasteiger partial charge < -0.3 is 4.74 Å². The van der Waals surface area contributed by atoms with Crippen molar-refractivity contribution in [2.24, 2.45) is 35.5 Å². The standard InChI is InChI=1S/C16H16O/c1-17-9-4-2-8(3-5-9)10-6-11-12-7-13-15(11)16(13)14(10)12/h2-6,11-16H,7H2,1H3/t11-,12-,13+,14+,15?,16?/m1/s1. The zero-order valence-corrected chi connectivity index (χ0v) is 9.97. The Bertz CT molecular complexity index is 527. The summed E-state index contributed by atoms with van der Waals surface area (Å²) in [5, 5.41) is 0. The first-order valence-electron chi connectivity index (χ1n) is 6.74. The molecule has 6 atom stereocenters. The largest absolute Gasteiger partial charge is 0.497 e. The maximum absolute atomic E-state index is 5.23. The van der Waals surface area contributed by atoms with Crippen LogP contribution in [0.1, 0.15) is 12.0 Å². The van der Waals surface area contributed by atoms with Crippen LogP contribution in [0, 0.1) is 35.5 Å². The molecule has 0 spiro atoms. The summed E-state index contributed by atoms with van der Waals surface area (Å²) in [7, 11) is 1.73. The number of rotatable bonds is 2. The predicted molar refractivity (Wildman–Crippen MR) is 66.5 cm³/mol. The molecule has 0 radical (unpaired) electrons. The Labute approximate surface area is 101 Å². The highest BCUT2D eigenvalue weighted by atomic mass is 16.5. The van der Waals surface area contributed by atoms with Gasteiger partial charge in [0.1, 0.15) is 5.75 Å². The van der Waals surface area contributed by atoms with E-state index in [0.717, 1.165) is 41.3 Å². The minimum absolute atomic E-state index is 0.920. The van der Waals surface area contributed by atoms with E-state index in [1.165, 1.54) is 12.0 Å². The van der Waals surface area contributed by atoms with Gasteiger partial charge in [-0.2, -0.15) is 0 Å². The van der Waals surface area contributed by atoms with Crippen LogP contribution >= 0.6 is 0 Å². The summed E-state index contributed by atoms with van der Waals surface area (Å²) in [6.45, 7) is 0. The lowest BCUT2D eigenvalue weighted by molar-refractivity contribution is 0.414. The fourth-order valence-corrected chi connectivity index (χ4v) is 5.28. The second-order valence-electron chi connectivity index (χ2n) is 6.17. The van der Waals surface area contributed by atoms with Gasteiger partial charge in [0.2, 0.25) is 0 Å². The topological polar surface area (TPSA) is 9.23 Å². The zero-order valence-electron chi connectivity index (χ0n) is 9.97. The van der Waals surface area contributed by atoms with Crippen molar-refractivity contribution >= 4 is 5.57 Å². The van der Waals surface area contributed by atoms with Crippen LogP contribution in [0.4, 0.5) is 0 Å². The highest BCUT2D eigenvalue weighted by molar-refractivity contribution is 5.74. The van der Waals surface area contributed by atoms with Crippen LogP contribution < -0.4 is 4.74 Å². The Hall–Kier alpha value is -1.24. The molecule has 1 heteroatoms. The Morgan fingerprint density at radius 3 is 2.47 bits per heavy atom. The van der Waals surface area contributed by atoms with Crippen LogP contribution in [0.3, 0.4) is 0 Å². The van der Waals surface area contributed by atoms with E-state index in [4.69, 9.17) is 4.74 Å². The molecule has 6 bridgehead atoms. The fourth-order valence-electron chi connectivity index (χ4n) is 5.28. The average Bonchev–Trinajstić information content (AvgIpc) is 2.77. The van der Waals surface area contributed by atoms with Gasteiger partial charge in [-0.3, -0.25) is 0 Å². The predicted octanol–water partition coefficient (Wildman–Crippen LogP) is 3.22. The Morgan fingerprint density at radius 1 is 1.06 bits per heavy atom. The molecule has 6 rings (SSSR count). The minimum atomic E-state index is 0.920. The SMILES string of the molecule is COc1ccc(C2=C[C@H]3C4C5[C@H]4C[C@H]3[C@H]25)cc1. The molecule has 1 aromatic carbocycles. The minimum Gasteiger partial charge on any atom is -0.497 e. The fraction of sp³-hybridized carbons (Fsp3) is 0.500. The van der Waals surface area contributed by atoms with Crippen molar-refractivity contribution in [2.45, 2.75) is 6.42 Å². The van der Waals surface area contributed by atoms with Crippen molar-refractivity contribution in [1.29, 1.82) is 0 Å². The summed E-state index contributed by atoms with van der Waals surface area (Å²) in [5.74, 6) is 7.15. The summed E-state index contributed by atoms with van der Waals surface area (Å²) in [6.07, 6.45) is 4.13. The number of allylic oxidation sites excluding steroid dienone is 2. The molecular formula is C16H16O. The van der Waals surface area contributed by atoms with Gasteiger partial charge in [-0.25, -0.2) is 0 Å². The van der Waals surface area contributed by atoms with E-state index in [2.05, 4.69) is 30.3 Å². The molecule has 0 saturated heterocycles. The van der Waals surface area contributed by atoms with E-state index in [0.29, 0.717) is 0 Å². The summed E-state index contributed by atoms with van der Waals surface area (Å²) < 4.78 is 5.23. The lowest BCUT2D eigenvalue weighted by Crippen LogP contribution is -2.04. The number of hydrogen-bond donors (Lipinski definition) is 0. The van der Waals surface area contributed by atoms with Crippen LogP contribution in [0.15, 0.2) is 30.3 Å². The van der Waals surface area contributed by atoms with E-state index in [9.17, 15) is 0 Å². The summed E-state index contributed by atoms with van der Waals surface area (Å²) in [5.41, 5.74) is 3.10. The lowest BCUT2D eigenvalue weighted by Gasteiger charge is -2.15. The summed E-state index contributed by atoms with van der Waals surface area (Å²) in [6, 6.07) is 8.66. The molecule has 0 aliphatic heterocycles.